The third kappa shape index (κ3) is 9.37. The Morgan fingerprint density at radius 1 is 0.376 bits per heavy atom. The third-order valence-electron chi connectivity index (χ3n) is 18.7. The summed E-state index contributed by atoms with van der Waals surface area (Å²) in [6.45, 7) is 37.0. The van der Waals surface area contributed by atoms with E-state index < -0.39 is 0 Å². The van der Waals surface area contributed by atoms with Crippen LogP contribution in [0, 0.1) is 34.6 Å². The van der Waals surface area contributed by atoms with Crippen LogP contribution in [0.4, 0.5) is 68.2 Å². The summed E-state index contributed by atoms with van der Waals surface area (Å²) in [5, 5.41) is 0. The quantitative estimate of drug-likeness (QED) is 0.141. The van der Waals surface area contributed by atoms with Crippen LogP contribution in [-0.4, -0.2) is 6.71 Å². The van der Waals surface area contributed by atoms with Gasteiger partial charge in [-0.25, -0.2) is 0 Å². The Kier molecular flexibility index (Phi) is 13.1. The molecule has 0 aromatic heterocycles. The molecule has 0 saturated carbocycles. The fraction of sp³-hybridized carbons (Fsp3) is 0.250. The van der Waals surface area contributed by atoms with Gasteiger partial charge in [0.1, 0.15) is 0 Å². The van der Waals surface area contributed by atoms with E-state index in [9.17, 15) is 0 Å². The van der Waals surface area contributed by atoms with E-state index in [2.05, 4.69) is 331 Å². The topological polar surface area (TPSA) is 13.0 Å². The zero-order chi connectivity index (χ0) is 59.8. The monoisotopic (exact) mass is 1110 g/mol. The standard InChI is InChI=1S/C80H81BN4/c1-50-21-32-58(33-22-50)82(59-34-23-51(2)24-35-59)68-43-44-69(75-74(68)63-19-17-18-20-64(63)80(75,15)16)85-67-42-31-56(78(9,10)11)46-66(67)81-65-45-54(5)70(83(60-36-25-52(3)26-37-60)61-38-27-53(4)28-39-61)49-71(65)84(62-40-29-55(30-41-62)77(6,7)8)72-47-57(79(12,13)14)48-73(85)76(72)81/h17-49H,1-16H3. The van der Waals surface area contributed by atoms with Crippen LogP contribution in [0.3, 0.4) is 0 Å². The molecule has 10 aromatic carbocycles. The van der Waals surface area contributed by atoms with Crippen molar-refractivity contribution in [3.8, 4) is 11.1 Å². The molecule has 0 radical (unpaired) electrons. The first-order valence-corrected chi connectivity index (χ1v) is 30.7. The minimum atomic E-state index is -0.380. The Labute approximate surface area is 507 Å². The zero-order valence-electron chi connectivity index (χ0n) is 52.9. The summed E-state index contributed by atoms with van der Waals surface area (Å²) in [5.41, 5.74) is 32.6. The SMILES string of the molecule is Cc1ccc(N(c2ccc(C)cc2)c2cc3c(cc2C)B2c4cc(C(C)(C)C)ccc4N(c4ccc(N(c5ccc(C)cc5)c5ccc(C)cc5)c5c4C(C)(C)c4ccccc4-5)c4cc(C(C)(C)C)cc(c42)N3c2ccc(C(C)(C)C)cc2)cc1. The maximum atomic E-state index is 2.70. The van der Waals surface area contributed by atoms with Gasteiger partial charge in [0.2, 0.25) is 0 Å². The van der Waals surface area contributed by atoms with E-state index in [1.807, 2.05) is 0 Å². The summed E-state index contributed by atoms with van der Waals surface area (Å²) in [6.07, 6.45) is 0. The minimum Gasteiger partial charge on any atom is -0.311 e. The number of nitrogens with zero attached hydrogens (tertiary/aromatic N) is 4. The highest BCUT2D eigenvalue weighted by Crippen LogP contribution is 2.60. The lowest BCUT2D eigenvalue weighted by atomic mass is 9.33. The van der Waals surface area contributed by atoms with Crippen molar-refractivity contribution >= 4 is 91.3 Å². The number of hydrogen-bond acceptors (Lipinski definition) is 4. The van der Waals surface area contributed by atoms with Gasteiger partial charge in [0.05, 0.1) is 17.1 Å². The van der Waals surface area contributed by atoms with Gasteiger partial charge in [-0.1, -0.05) is 202 Å². The molecule has 0 unspecified atom stereocenters. The molecule has 2 aliphatic heterocycles. The van der Waals surface area contributed by atoms with Crippen molar-refractivity contribution in [3.05, 3.63) is 256 Å². The molecule has 10 aromatic rings. The number of fused-ring (bicyclic) bond motifs is 7. The van der Waals surface area contributed by atoms with Gasteiger partial charge in [0.15, 0.2) is 0 Å². The van der Waals surface area contributed by atoms with E-state index in [0.29, 0.717) is 0 Å². The van der Waals surface area contributed by atoms with E-state index >= 15 is 0 Å². The first kappa shape index (κ1) is 55.6. The number of rotatable bonds is 8. The number of aryl methyl sites for hydroxylation is 5. The van der Waals surface area contributed by atoms with Gasteiger partial charge in [-0.2, -0.15) is 0 Å². The Morgan fingerprint density at radius 3 is 1.33 bits per heavy atom. The Hall–Kier alpha value is -8.54. The Morgan fingerprint density at radius 2 is 0.824 bits per heavy atom. The summed E-state index contributed by atoms with van der Waals surface area (Å²) in [6, 6.07) is 77.4. The fourth-order valence-corrected chi connectivity index (χ4v) is 13.8. The summed E-state index contributed by atoms with van der Waals surface area (Å²) >= 11 is 0. The molecule has 0 bridgehead atoms. The van der Waals surface area contributed by atoms with Crippen LogP contribution in [0.25, 0.3) is 11.1 Å². The maximum Gasteiger partial charge on any atom is 0.252 e. The highest BCUT2D eigenvalue weighted by molar-refractivity contribution is 7.00. The maximum absolute atomic E-state index is 2.70. The van der Waals surface area contributed by atoms with Crippen molar-refractivity contribution in [1.29, 1.82) is 0 Å². The van der Waals surface area contributed by atoms with Crippen molar-refractivity contribution in [3.63, 3.8) is 0 Å². The Balaban J connectivity index is 1.14. The molecule has 0 atom stereocenters. The molecule has 0 saturated heterocycles. The summed E-state index contributed by atoms with van der Waals surface area (Å²) < 4.78 is 0. The predicted molar refractivity (Wildman–Crippen MR) is 367 cm³/mol. The van der Waals surface area contributed by atoms with Crippen LogP contribution < -0.4 is 36.0 Å². The second-order valence-corrected chi connectivity index (χ2v) is 28.3. The molecule has 5 heteroatoms. The molecule has 13 rings (SSSR count). The number of benzene rings is 10. The zero-order valence-corrected chi connectivity index (χ0v) is 52.9. The molecule has 2 heterocycles. The molecule has 424 valence electrons. The van der Waals surface area contributed by atoms with Crippen LogP contribution in [0.5, 0.6) is 0 Å². The summed E-state index contributed by atoms with van der Waals surface area (Å²) in [5.74, 6) is 0. The van der Waals surface area contributed by atoms with Crippen molar-refractivity contribution in [2.75, 3.05) is 19.6 Å². The average Bonchev–Trinajstić information content (AvgIpc) is 1.64. The van der Waals surface area contributed by atoms with Gasteiger partial charge in [0, 0.05) is 62.2 Å². The van der Waals surface area contributed by atoms with Crippen molar-refractivity contribution in [2.45, 2.75) is 132 Å². The first-order valence-electron chi connectivity index (χ1n) is 30.7. The van der Waals surface area contributed by atoms with Gasteiger partial charge in [0.25, 0.3) is 6.71 Å². The van der Waals surface area contributed by atoms with Crippen molar-refractivity contribution in [2.24, 2.45) is 0 Å². The van der Waals surface area contributed by atoms with E-state index in [-0.39, 0.29) is 28.4 Å². The molecule has 3 aliphatic rings. The van der Waals surface area contributed by atoms with Crippen molar-refractivity contribution in [1.82, 2.24) is 0 Å². The van der Waals surface area contributed by atoms with Crippen LogP contribution >= 0.6 is 0 Å². The lowest BCUT2D eigenvalue weighted by molar-refractivity contribution is 0.590. The molecular formula is C80H81BN4. The predicted octanol–water partition coefficient (Wildman–Crippen LogP) is 20.4. The van der Waals surface area contributed by atoms with Gasteiger partial charge in [-0.3, -0.25) is 0 Å². The van der Waals surface area contributed by atoms with E-state index in [0.717, 1.165) is 34.1 Å². The molecule has 0 fully saturated rings. The minimum absolute atomic E-state index is 0.0167. The fourth-order valence-electron chi connectivity index (χ4n) is 13.8. The molecule has 0 amide bonds. The normalized spacial score (nSPS) is 13.9. The number of anilines is 12. The first-order chi connectivity index (χ1) is 40.4. The average molecular weight is 1110 g/mol. The van der Waals surface area contributed by atoms with E-state index in [1.165, 1.54) is 117 Å². The van der Waals surface area contributed by atoms with Gasteiger partial charge in [-0.05, 0) is 203 Å². The molecule has 4 nitrogen and oxygen atoms in total. The molecule has 1 aliphatic carbocycles. The van der Waals surface area contributed by atoms with Crippen molar-refractivity contribution < 1.29 is 0 Å². The summed E-state index contributed by atoms with van der Waals surface area (Å²) in [7, 11) is 0. The second-order valence-electron chi connectivity index (χ2n) is 28.3. The van der Waals surface area contributed by atoms with E-state index in [4.69, 9.17) is 0 Å². The highest BCUT2D eigenvalue weighted by atomic mass is 15.2. The van der Waals surface area contributed by atoms with Gasteiger partial charge < -0.3 is 19.6 Å². The molecule has 0 N–H and O–H groups in total. The van der Waals surface area contributed by atoms with Crippen LogP contribution in [0.2, 0.25) is 0 Å². The lowest BCUT2D eigenvalue weighted by Crippen LogP contribution is -2.62. The molecular weight excluding hydrogens is 1030 g/mol. The molecule has 85 heavy (non-hydrogen) atoms. The van der Waals surface area contributed by atoms with E-state index in [1.54, 1.807) is 0 Å². The lowest BCUT2D eigenvalue weighted by Gasteiger charge is -2.46. The smallest absolute Gasteiger partial charge is 0.252 e. The summed E-state index contributed by atoms with van der Waals surface area (Å²) in [4.78, 5) is 10.3. The third-order valence-corrected chi connectivity index (χ3v) is 18.7. The van der Waals surface area contributed by atoms with Crippen LogP contribution in [0.1, 0.15) is 132 Å². The highest BCUT2D eigenvalue weighted by Gasteiger charge is 2.48. The largest absolute Gasteiger partial charge is 0.311 e. The van der Waals surface area contributed by atoms with Gasteiger partial charge in [-0.15, -0.1) is 0 Å². The Bertz CT molecular complexity index is 4150. The second kappa shape index (κ2) is 20.1. The van der Waals surface area contributed by atoms with Gasteiger partial charge >= 0.3 is 0 Å². The van der Waals surface area contributed by atoms with Crippen LogP contribution in [0.15, 0.2) is 200 Å². The number of hydrogen-bond donors (Lipinski definition) is 0. The van der Waals surface area contributed by atoms with Crippen LogP contribution in [-0.2, 0) is 21.7 Å². The molecule has 0 spiro atoms.